The molecule has 1 aromatic carbocycles. The molecule has 0 saturated carbocycles. The number of rotatable bonds is 4. The molecule has 1 atom stereocenters. The molecule has 3 rings (SSSR count). The van der Waals surface area contributed by atoms with Crippen molar-refractivity contribution in [3.63, 3.8) is 0 Å². The second kappa shape index (κ2) is 6.70. The van der Waals surface area contributed by atoms with E-state index in [9.17, 15) is 4.79 Å². The van der Waals surface area contributed by atoms with E-state index in [0.29, 0.717) is 13.0 Å². The molecule has 5 nitrogen and oxygen atoms in total. The van der Waals surface area contributed by atoms with Gasteiger partial charge in [-0.1, -0.05) is 39.3 Å². The van der Waals surface area contributed by atoms with Gasteiger partial charge in [0.1, 0.15) is 0 Å². The van der Waals surface area contributed by atoms with Crippen LogP contribution in [0, 0.1) is 0 Å². The van der Waals surface area contributed by atoms with Gasteiger partial charge in [-0.15, -0.1) is 0 Å². The molecule has 0 fully saturated rings. The molecule has 2 heterocycles. The Morgan fingerprint density at radius 2 is 2.23 bits per heavy atom. The molecule has 6 heteroatoms. The summed E-state index contributed by atoms with van der Waals surface area (Å²) in [4.78, 5) is 21.5. The summed E-state index contributed by atoms with van der Waals surface area (Å²) in [6, 6.07) is 13.3. The lowest BCUT2D eigenvalue weighted by molar-refractivity contribution is -0.131. The van der Waals surface area contributed by atoms with Crippen molar-refractivity contribution in [3.8, 4) is 0 Å². The zero-order valence-electron chi connectivity index (χ0n) is 11.7. The number of benzene rings is 1. The molecule has 0 unspecified atom stereocenters. The highest BCUT2D eigenvalue weighted by Gasteiger charge is 2.28. The molecule has 2 aromatic rings. The Kier molecular flexibility index (Phi) is 4.48. The smallest absolute Gasteiger partial charge is 0.264 e. The highest BCUT2D eigenvalue weighted by atomic mass is 79.9. The third kappa shape index (κ3) is 3.51. The maximum absolute atomic E-state index is 12.1. The van der Waals surface area contributed by atoms with Crippen molar-refractivity contribution in [2.24, 2.45) is 5.16 Å². The Bertz CT molecular complexity index is 704. The van der Waals surface area contributed by atoms with Crippen molar-refractivity contribution < 1.29 is 9.63 Å². The summed E-state index contributed by atoms with van der Waals surface area (Å²) in [5, 5.41) is 6.84. The number of nitrogens with one attached hydrogen (secondary N) is 1. The number of carbonyl (C=O) groups excluding carboxylic acids is 1. The Morgan fingerprint density at radius 1 is 1.32 bits per heavy atom. The molecular weight excluding hydrogens is 346 g/mol. The van der Waals surface area contributed by atoms with E-state index in [1.54, 1.807) is 6.20 Å². The standard InChI is InChI=1S/C16H14BrN3O2/c17-12-5-3-4-11(8-12)14-9-15(22-20-14)16(21)19-10-13-6-1-2-7-18-13/h1-8,15H,9-10H2,(H,19,21)/t15-/m0/s1. The van der Waals surface area contributed by atoms with Crippen molar-refractivity contribution in [2.75, 3.05) is 0 Å². The number of oxime groups is 1. The van der Waals surface area contributed by atoms with Crippen LogP contribution in [-0.4, -0.2) is 22.7 Å². The van der Waals surface area contributed by atoms with E-state index in [-0.39, 0.29) is 5.91 Å². The van der Waals surface area contributed by atoms with E-state index in [4.69, 9.17) is 4.84 Å². The van der Waals surface area contributed by atoms with Crippen LogP contribution in [0.3, 0.4) is 0 Å². The number of carbonyl (C=O) groups is 1. The van der Waals surface area contributed by atoms with Gasteiger partial charge in [-0.25, -0.2) is 0 Å². The lowest BCUT2D eigenvalue weighted by Crippen LogP contribution is -2.34. The summed E-state index contributed by atoms with van der Waals surface area (Å²) < 4.78 is 0.968. The lowest BCUT2D eigenvalue weighted by Gasteiger charge is -2.09. The molecule has 1 aliphatic rings. The van der Waals surface area contributed by atoms with E-state index in [2.05, 4.69) is 31.4 Å². The zero-order chi connectivity index (χ0) is 15.4. The molecule has 0 aliphatic carbocycles. The van der Waals surface area contributed by atoms with Crippen LogP contribution in [0.5, 0.6) is 0 Å². The van der Waals surface area contributed by atoms with Crippen molar-refractivity contribution in [1.82, 2.24) is 10.3 Å². The van der Waals surface area contributed by atoms with E-state index < -0.39 is 6.10 Å². The lowest BCUT2D eigenvalue weighted by atomic mass is 10.0. The molecule has 112 valence electrons. The minimum Gasteiger partial charge on any atom is -0.382 e. The van der Waals surface area contributed by atoms with Crippen LogP contribution >= 0.6 is 15.9 Å². The van der Waals surface area contributed by atoms with Gasteiger partial charge in [0.15, 0.2) is 0 Å². The summed E-state index contributed by atoms with van der Waals surface area (Å²) >= 11 is 3.42. The predicted molar refractivity (Wildman–Crippen MR) is 86.3 cm³/mol. The summed E-state index contributed by atoms with van der Waals surface area (Å²) in [5.41, 5.74) is 2.54. The van der Waals surface area contributed by atoms with Crippen LogP contribution in [0.2, 0.25) is 0 Å². The molecule has 1 aromatic heterocycles. The second-order valence-electron chi connectivity index (χ2n) is 4.89. The van der Waals surface area contributed by atoms with Crippen LogP contribution in [0.25, 0.3) is 0 Å². The van der Waals surface area contributed by atoms with Crippen LogP contribution < -0.4 is 5.32 Å². The highest BCUT2D eigenvalue weighted by Crippen LogP contribution is 2.19. The summed E-state index contributed by atoms with van der Waals surface area (Å²) in [6.07, 6.45) is 1.57. The predicted octanol–water partition coefficient (Wildman–Crippen LogP) is 2.65. The first-order valence-electron chi connectivity index (χ1n) is 6.88. The van der Waals surface area contributed by atoms with Gasteiger partial charge < -0.3 is 10.2 Å². The molecule has 1 N–H and O–H groups in total. The number of halogens is 1. The Labute approximate surface area is 136 Å². The van der Waals surface area contributed by atoms with Gasteiger partial charge in [0, 0.05) is 22.7 Å². The molecular formula is C16H14BrN3O2. The van der Waals surface area contributed by atoms with Gasteiger partial charge in [0.2, 0.25) is 6.10 Å². The molecule has 22 heavy (non-hydrogen) atoms. The van der Waals surface area contributed by atoms with Gasteiger partial charge >= 0.3 is 0 Å². The fourth-order valence-corrected chi connectivity index (χ4v) is 2.55. The van der Waals surface area contributed by atoms with Crippen molar-refractivity contribution in [1.29, 1.82) is 0 Å². The quantitative estimate of drug-likeness (QED) is 0.912. The number of hydrogen-bond acceptors (Lipinski definition) is 4. The summed E-state index contributed by atoms with van der Waals surface area (Å²) in [5.74, 6) is -0.181. The third-order valence-electron chi connectivity index (χ3n) is 3.29. The van der Waals surface area contributed by atoms with Gasteiger partial charge in [-0.05, 0) is 24.3 Å². The average molecular weight is 360 g/mol. The fourth-order valence-electron chi connectivity index (χ4n) is 2.15. The first kappa shape index (κ1) is 14.7. The molecule has 0 saturated heterocycles. The molecule has 0 spiro atoms. The third-order valence-corrected chi connectivity index (χ3v) is 3.78. The van der Waals surface area contributed by atoms with Gasteiger partial charge in [0.05, 0.1) is 18.0 Å². The molecule has 1 amide bonds. The van der Waals surface area contributed by atoms with E-state index in [0.717, 1.165) is 21.4 Å². The number of amides is 1. The average Bonchev–Trinajstić information content (AvgIpc) is 3.04. The van der Waals surface area contributed by atoms with Gasteiger partial charge in [-0.2, -0.15) is 0 Å². The number of nitrogens with zero attached hydrogens (tertiary/aromatic N) is 2. The first-order chi connectivity index (χ1) is 10.7. The first-order valence-corrected chi connectivity index (χ1v) is 7.68. The Morgan fingerprint density at radius 3 is 3.00 bits per heavy atom. The largest absolute Gasteiger partial charge is 0.382 e. The normalized spacial score (nSPS) is 16.8. The van der Waals surface area contributed by atoms with Crippen molar-refractivity contribution in [2.45, 2.75) is 19.1 Å². The van der Waals surface area contributed by atoms with Crippen LogP contribution in [0.4, 0.5) is 0 Å². The SMILES string of the molecule is O=C(NCc1ccccn1)[C@@H]1CC(c2cccc(Br)c2)=NO1. The van der Waals surface area contributed by atoms with E-state index in [1.165, 1.54) is 0 Å². The summed E-state index contributed by atoms with van der Waals surface area (Å²) in [7, 11) is 0. The minimum atomic E-state index is -0.585. The molecule has 0 radical (unpaired) electrons. The Hall–Kier alpha value is -2.21. The fraction of sp³-hybridized carbons (Fsp3) is 0.188. The number of pyridine rings is 1. The number of hydrogen-bond donors (Lipinski definition) is 1. The monoisotopic (exact) mass is 359 g/mol. The van der Waals surface area contributed by atoms with Crippen LogP contribution in [-0.2, 0) is 16.2 Å². The van der Waals surface area contributed by atoms with Gasteiger partial charge in [0.25, 0.3) is 5.91 Å². The van der Waals surface area contributed by atoms with Crippen molar-refractivity contribution in [3.05, 3.63) is 64.4 Å². The number of aromatic nitrogens is 1. The second-order valence-corrected chi connectivity index (χ2v) is 5.80. The summed E-state index contributed by atoms with van der Waals surface area (Å²) in [6.45, 7) is 0.381. The Balaban J connectivity index is 1.56. The van der Waals surface area contributed by atoms with E-state index in [1.807, 2.05) is 42.5 Å². The zero-order valence-corrected chi connectivity index (χ0v) is 13.3. The topological polar surface area (TPSA) is 63.6 Å². The minimum absolute atomic E-state index is 0.181. The van der Waals surface area contributed by atoms with Crippen LogP contribution in [0.1, 0.15) is 17.7 Å². The van der Waals surface area contributed by atoms with E-state index >= 15 is 0 Å². The maximum Gasteiger partial charge on any atom is 0.264 e. The van der Waals surface area contributed by atoms with Crippen molar-refractivity contribution >= 4 is 27.5 Å². The highest BCUT2D eigenvalue weighted by molar-refractivity contribution is 9.10. The van der Waals surface area contributed by atoms with Crippen LogP contribution in [0.15, 0.2) is 58.3 Å². The maximum atomic E-state index is 12.1. The molecule has 0 bridgehead atoms. The van der Waals surface area contributed by atoms with Gasteiger partial charge in [-0.3, -0.25) is 9.78 Å². The molecule has 1 aliphatic heterocycles.